The number of thioether (sulfide) groups is 1. The first-order valence-electron chi connectivity index (χ1n) is 7.82. The van der Waals surface area contributed by atoms with Gasteiger partial charge >= 0.3 is 5.69 Å². The van der Waals surface area contributed by atoms with E-state index in [0.717, 1.165) is 16.7 Å². The maximum Gasteiger partial charge on any atom is 0.311 e. The number of amides is 2. The number of halogens is 2. The first kappa shape index (κ1) is 20.2. The van der Waals surface area contributed by atoms with Crippen molar-refractivity contribution in [3.8, 4) is 5.75 Å². The summed E-state index contributed by atoms with van der Waals surface area (Å²) in [7, 11) is 1.30. The number of rotatable bonds is 5. The number of nitro groups is 1. The van der Waals surface area contributed by atoms with Gasteiger partial charge in [0.2, 0.25) is 5.75 Å². The average molecular weight is 439 g/mol. The maximum absolute atomic E-state index is 12.7. The maximum atomic E-state index is 12.7. The number of methoxy groups -OCH3 is 1. The Morgan fingerprint density at radius 2 is 2.00 bits per heavy atom. The van der Waals surface area contributed by atoms with Gasteiger partial charge in [-0.15, -0.1) is 0 Å². The van der Waals surface area contributed by atoms with Gasteiger partial charge in [-0.2, -0.15) is 0 Å². The van der Waals surface area contributed by atoms with Crippen molar-refractivity contribution in [2.75, 3.05) is 7.11 Å². The van der Waals surface area contributed by atoms with Gasteiger partial charge in [-0.25, -0.2) is 0 Å². The smallest absolute Gasteiger partial charge is 0.311 e. The third-order valence-electron chi connectivity index (χ3n) is 3.93. The lowest BCUT2D eigenvalue weighted by Gasteiger charge is -2.13. The third kappa shape index (κ3) is 3.99. The number of carbonyl (C=O) groups is 2. The van der Waals surface area contributed by atoms with Crippen LogP contribution in [0.1, 0.15) is 11.1 Å². The lowest BCUT2D eigenvalue weighted by Crippen LogP contribution is -2.27. The quantitative estimate of drug-likeness (QED) is 0.364. The minimum Gasteiger partial charge on any atom is -0.490 e. The fourth-order valence-corrected chi connectivity index (χ4v) is 3.92. The molecule has 28 heavy (non-hydrogen) atoms. The Bertz CT molecular complexity index is 1030. The molecule has 2 aromatic rings. The van der Waals surface area contributed by atoms with E-state index in [1.54, 1.807) is 18.2 Å². The highest BCUT2D eigenvalue weighted by Gasteiger charge is 2.35. The van der Waals surface area contributed by atoms with E-state index in [1.165, 1.54) is 31.4 Å². The summed E-state index contributed by atoms with van der Waals surface area (Å²) in [5.41, 5.74) is 0.665. The molecule has 0 atom stereocenters. The molecule has 3 rings (SSSR count). The molecule has 1 fully saturated rings. The predicted molar refractivity (Wildman–Crippen MR) is 108 cm³/mol. The van der Waals surface area contributed by atoms with Crippen LogP contribution in [0, 0.1) is 10.1 Å². The third-order valence-corrected chi connectivity index (χ3v) is 5.42. The van der Waals surface area contributed by atoms with Crippen LogP contribution < -0.4 is 4.74 Å². The van der Waals surface area contributed by atoms with Gasteiger partial charge in [0, 0.05) is 21.7 Å². The van der Waals surface area contributed by atoms with Crippen LogP contribution in [0.5, 0.6) is 5.75 Å². The highest BCUT2D eigenvalue weighted by atomic mass is 35.5. The van der Waals surface area contributed by atoms with E-state index in [4.69, 9.17) is 27.9 Å². The second-order valence-electron chi connectivity index (χ2n) is 5.66. The normalized spacial score (nSPS) is 15.4. The van der Waals surface area contributed by atoms with E-state index in [1.807, 2.05) is 0 Å². The molecule has 0 unspecified atom stereocenters. The Morgan fingerprint density at radius 3 is 2.64 bits per heavy atom. The Labute approximate surface area is 174 Å². The van der Waals surface area contributed by atoms with Gasteiger partial charge in [-0.1, -0.05) is 41.4 Å². The van der Waals surface area contributed by atoms with E-state index >= 15 is 0 Å². The molecule has 0 aromatic heterocycles. The number of hydrogen-bond donors (Lipinski definition) is 0. The molecule has 7 nitrogen and oxygen atoms in total. The molecule has 0 saturated carbocycles. The summed E-state index contributed by atoms with van der Waals surface area (Å²) in [4.78, 5) is 36.8. The number of carbonyl (C=O) groups excluding carboxylic acids is 2. The molecule has 2 aromatic carbocycles. The van der Waals surface area contributed by atoms with Crippen molar-refractivity contribution >= 4 is 57.9 Å². The van der Waals surface area contributed by atoms with Crippen LogP contribution in [-0.2, 0) is 11.3 Å². The Kier molecular flexibility index (Phi) is 5.93. The van der Waals surface area contributed by atoms with E-state index in [9.17, 15) is 19.7 Å². The lowest BCUT2D eigenvalue weighted by molar-refractivity contribution is -0.385. The minimum atomic E-state index is -0.579. The first-order chi connectivity index (χ1) is 13.3. The van der Waals surface area contributed by atoms with Gasteiger partial charge in [0.05, 0.1) is 23.5 Å². The van der Waals surface area contributed by atoms with Crippen LogP contribution in [-0.4, -0.2) is 28.1 Å². The topological polar surface area (TPSA) is 89.8 Å². The van der Waals surface area contributed by atoms with Gasteiger partial charge in [-0.3, -0.25) is 24.6 Å². The molecule has 0 spiro atoms. The van der Waals surface area contributed by atoms with Crippen molar-refractivity contribution in [1.82, 2.24) is 4.90 Å². The van der Waals surface area contributed by atoms with Gasteiger partial charge in [0.1, 0.15) is 0 Å². The summed E-state index contributed by atoms with van der Waals surface area (Å²) in [6.07, 6.45) is 1.40. The molecule has 0 radical (unpaired) electrons. The van der Waals surface area contributed by atoms with Crippen LogP contribution in [0.15, 0.2) is 41.3 Å². The Hall–Kier alpha value is -2.55. The van der Waals surface area contributed by atoms with Crippen molar-refractivity contribution < 1.29 is 19.2 Å². The molecule has 1 heterocycles. The number of imide groups is 1. The number of nitrogens with zero attached hydrogens (tertiary/aromatic N) is 2. The summed E-state index contributed by atoms with van der Waals surface area (Å²) in [5.74, 6) is -0.505. The predicted octanol–water partition coefficient (Wildman–Crippen LogP) is 5.15. The molecule has 1 aliphatic rings. The van der Waals surface area contributed by atoms with Gasteiger partial charge in [-0.05, 0) is 35.5 Å². The highest BCUT2D eigenvalue weighted by Crippen LogP contribution is 2.38. The average Bonchev–Trinajstić information content (AvgIpc) is 2.90. The summed E-state index contributed by atoms with van der Waals surface area (Å²) < 4.78 is 5.12. The number of hydrogen-bond acceptors (Lipinski definition) is 6. The standard InChI is InChI=1S/C18H12Cl2N2O5S/c1-27-16-10(3-2-4-14(16)22(25)26)7-15-17(23)21(18(24)28-15)9-11-5-6-12(19)8-13(11)20/h2-8H,9H2,1H3/b15-7-. The second-order valence-corrected chi connectivity index (χ2v) is 7.50. The van der Waals surface area contributed by atoms with E-state index in [2.05, 4.69) is 0 Å². The number of ether oxygens (including phenoxy) is 1. The van der Waals surface area contributed by atoms with Gasteiger partial charge < -0.3 is 4.74 Å². The lowest BCUT2D eigenvalue weighted by atomic mass is 10.1. The zero-order chi connectivity index (χ0) is 20.4. The van der Waals surface area contributed by atoms with Crippen LogP contribution in [0.25, 0.3) is 6.08 Å². The molecule has 10 heteroatoms. The van der Waals surface area contributed by atoms with Gasteiger partial charge in [0.15, 0.2) is 0 Å². The zero-order valence-corrected chi connectivity index (χ0v) is 16.7. The number of para-hydroxylation sites is 1. The van der Waals surface area contributed by atoms with Crippen LogP contribution >= 0.6 is 35.0 Å². The van der Waals surface area contributed by atoms with Crippen molar-refractivity contribution in [2.45, 2.75) is 6.54 Å². The second kappa shape index (κ2) is 8.22. The van der Waals surface area contributed by atoms with Gasteiger partial charge in [0.25, 0.3) is 11.1 Å². The Morgan fingerprint density at radius 1 is 1.25 bits per heavy atom. The summed E-state index contributed by atoms with van der Waals surface area (Å²) in [5, 5.41) is 11.5. The molecule has 0 N–H and O–H groups in total. The molecule has 144 valence electrons. The molecule has 1 aliphatic heterocycles. The molecule has 0 bridgehead atoms. The summed E-state index contributed by atoms with van der Waals surface area (Å²) >= 11 is 12.7. The molecule has 2 amide bonds. The van der Waals surface area contributed by atoms with Crippen LogP contribution in [0.3, 0.4) is 0 Å². The fourth-order valence-electron chi connectivity index (χ4n) is 2.62. The van der Waals surface area contributed by atoms with Crippen LogP contribution in [0.2, 0.25) is 10.0 Å². The molecule has 0 aliphatic carbocycles. The van der Waals surface area contributed by atoms with E-state index in [0.29, 0.717) is 21.2 Å². The number of benzene rings is 2. The van der Waals surface area contributed by atoms with Crippen molar-refractivity contribution in [3.63, 3.8) is 0 Å². The Balaban J connectivity index is 1.91. The zero-order valence-electron chi connectivity index (χ0n) is 14.3. The molecular weight excluding hydrogens is 427 g/mol. The highest BCUT2D eigenvalue weighted by molar-refractivity contribution is 8.18. The summed E-state index contributed by atoms with van der Waals surface area (Å²) in [6.45, 7) is -0.00984. The van der Waals surface area contributed by atoms with Crippen molar-refractivity contribution in [1.29, 1.82) is 0 Å². The van der Waals surface area contributed by atoms with Crippen molar-refractivity contribution in [2.24, 2.45) is 0 Å². The monoisotopic (exact) mass is 438 g/mol. The molecule has 1 saturated heterocycles. The van der Waals surface area contributed by atoms with E-state index < -0.39 is 16.1 Å². The fraction of sp³-hybridized carbons (Fsp3) is 0.111. The van der Waals surface area contributed by atoms with E-state index in [-0.39, 0.29) is 22.9 Å². The first-order valence-corrected chi connectivity index (χ1v) is 9.39. The minimum absolute atomic E-state index is 0.00984. The summed E-state index contributed by atoms with van der Waals surface area (Å²) in [6, 6.07) is 9.12. The van der Waals surface area contributed by atoms with Crippen molar-refractivity contribution in [3.05, 3.63) is 72.6 Å². The SMILES string of the molecule is COc1c(/C=C2\SC(=O)N(Cc3ccc(Cl)cc3Cl)C2=O)cccc1[N+](=O)[O-]. The number of nitro benzene ring substituents is 1. The van der Waals surface area contributed by atoms with Crippen LogP contribution in [0.4, 0.5) is 10.5 Å². The largest absolute Gasteiger partial charge is 0.490 e. The molecular formula is C18H12Cl2N2O5S.